The summed E-state index contributed by atoms with van der Waals surface area (Å²) in [6.07, 6.45) is -3.65. The van der Waals surface area contributed by atoms with E-state index in [1.165, 1.54) is 0 Å². The quantitative estimate of drug-likeness (QED) is 0.588. The molecule has 0 saturated carbocycles. The van der Waals surface area contributed by atoms with Crippen molar-refractivity contribution in [1.82, 2.24) is 5.32 Å². The van der Waals surface area contributed by atoms with Crippen molar-refractivity contribution in [2.45, 2.75) is 12.6 Å². The van der Waals surface area contributed by atoms with E-state index in [4.69, 9.17) is 5.73 Å². The van der Waals surface area contributed by atoms with Crippen LogP contribution in [0, 0.1) is 0 Å². The number of hydrogen-bond acceptors (Lipinski definition) is 3. The Morgan fingerprint density at radius 3 is 2.46 bits per heavy atom. The fourth-order valence-electron chi connectivity index (χ4n) is 0.714. The van der Waals surface area contributed by atoms with Crippen LogP contribution in [0.25, 0.3) is 0 Å². The number of rotatable bonds is 7. The van der Waals surface area contributed by atoms with Crippen molar-refractivity contribution >= 4 is 0 Å². The summed E-state index contributed by atoms with van der Waals surface area (Å²) in [5, 5.41) is 2.95. The van der Waals surface area contributed by atoms with Crippen molar-refractivity contribution in [1.29, 1.82) is 0 Å². The highest BCUT2D eigenvalue weighted by atomic mass is 19.4. The molecule has 0 aromatic rings. The summed E-state index contributed by atoms with van der Waals surface area (Å²) in [5.74, 6) is 0. The van der Waals surface area contributed by atoms with Gasteiger partial charge in [-0.3, -0.25) is 0 Å². The maximum absolute atomic E-state index is 11.5. The molecule has 0 aliphatic carbocycles. The molecule has 13 heavy (non-hydrogen) atoms. The first-order chi connectivity index (χ1) is 6.06. The number of nitrogens with one attached hydrogen (secondary N) is 1. The largest absolute Gasteiger partial charge is 0.411 e. The van der Waals surface area contributed by atoms with Crippen molar-refractivity contribution < 1.29 is 17.9 Å². The van der Waals surface area contributed by atoms with Crippen LogP contribution in [-0.4, -0.2) is 39.0 Å². The number of halogens is 3. The summed E-state index contributed by atoms with van der Waals surface area (Å²) in [6.45, 7) is 0.804. The Labute approximate surface area is 75.4 Å². The van der Waals surface area contributed by atoms with Gasteiger partial charge < -0.3 is 15.8 Å². The first-order valence-electron chi connectivity index (χ1n) is 4.11. The van der Waals surface area contributed by atoms with E-state index in [-0.39, 0.29) is 6.61 Å². The maximum atomic E-state index is 11.5. The summed E-state index contributed by atoms with van der Waals surface area (Å²) in [6, 6.07) is 0. The molecule has 6 heteroatoms. The molecule has 0 aromatic carbocycles. The second kappa shape index (κ2) is 7.11. The average Bonchev–Trinajstić information content (AvgIpc) is 2.01. The molecule has 0 bridgehead atoms. The molecule has 3 N–H and O–H groups in total. The second-order valence-electron chi connectivity index (χ2n) is 2.56. The molecule has 0 fully saturated rings. The molecule has 0 radical (unpaired) electrons. The Balaban J connectivity index is 3.00. The van der Waals surface area contributed by atoms with Gasteiger partial charge in [-0.15, -0.1) is 0 Å². The van der Waals surface area contributed by atoms with Gasteiger partial charge in [-0.2, -0.15) is 13.2 Å². The van der Waals surface area contributed by atoms with Gasteiger partial charge in [0.25, 0.3) is 0 Å². The van der Waals surface area contributed by atoms with Crippen molar-refractivity contribution in [2.75, 3.05) is 32.8 Å². The lowest BCUT2D eigenvalue weighted by Gasteiger charge is -2.07. The molecular formula is C7H15F3N2O. The first-order valence-corrected chi connectivity index (χ1v) is 4.11. The average molecular weight is 200 g/mol. The van der Waals surface area contributed by atoms with Crippen LogP contribution in [-0.2, 0) is 4.74 Å². The van der Waals surface area contributed by atoms with Crippen LogP contribution in [0.2, 0.25) is 0 Å². The molecule has 0 atom stereocenters. The van der Waals surface area contributed by atoms with E-state index in [1.54, 1.807) is 0 Å². The Hall–Kier alpha value is -0.330. The third kappa shape index (κ3) is 11.7. The monoisotopic (exact) mass is 200 g/mol. The zero-order chi connectivity index (χ0) is 10.2. The molecular weight excluding hydrogens is 185 g/mol. The topological polar surface area (TPSA) is 47.3 Å². The van der Waals surface area contributed by atoms with Crippen molar-refractivity contribution in [2.24, 2.45) is 5.73 Å². The van der Waals surface area contributed by atoms with E-state index < -0.39 is 12.8 Å². The van der Waals surface area contributed by atoms with Gasteiger partial charge >= 0.3 is 6.18 Å². The molecule has 80 valence electrons. The predicted molar refractivity (Wildman–Crippen MR) is 43.4 cm³/mol. The number of ether oxygens (including phenoxy) is 1. The van der Waals surface area contributed by atoms with E-state index in [2.05, 4.69) is 10.1 Å². The number of hydrogen-bond donors (Lipinski definition) is 2. The van der Waals surface area contributed by atoms with Gasteiger partial charge in [-0.05, 0) is 13.0 Å². The van der Waals surface area contributed by atoms with Crippen LogP contribution in [0.15, 0.2) is 0 Å². The SMILES string of the molecule is NCCNCCCOCC(F)(F)F. The highest BCUT2D eigenvalue weighted by Crippen LogP contribution is 2.14. The minimum Gasteiger partial charge on any atom is -0.372 e. The maximum Gasteiger partial charge on any atom is 0.411 e. The van der Waals surface area contributed by atoms with E-state index in [0.717, 1.165) is 0 Å². The lowest BCUT2D eigenvalue weighted by atomic mass is 10.4. The van der Waals surface area contributed by atoms with E-state index in [9.17, 15) is 13.2 Å². The van der Waals surface area contributed by atoms with Gasteiger partial charge in [0.1, 0.15) is 6.61 Å². The van der Waals surface area contributed by atoms with Crippen LogP contribution in [0.4, 0.5) is 13.2 Å². The van der Waals surface area contributed by atoms with E-state index in [1.807, 2.05) is 0 Å². The lowest BCUT2D eigenvalue weighted by molar-refractivity contribution is -0.173. The molecule has 0 aliphatic heterocycles. The van der Waals surface area contributed by atoms with Crippen molar-refractivity contribution in [3.63, 3.8) is 0 Å². The molecule has 0 heterocycles. The first kappa shape index (κ1) is 12.7. The highest BCUT2D eigenvalue weighted by Gasteiger charge is 2.26. The second-order valence-corrected chi connectivity index (χ2v) is 2.56. The van der Waals surface area contributed by atoms with Crippen LogP contribution in [0.3, 0.4) is 0 Å². The van der Waals surface area contributed by atoms with Crippen molar-refractivity contribution in [3.05, 3.63) is 0 Å². The van der Waals surface area contributed by atoms with E-state index >= 15 is 0 Å². The van der Waals surface area contributed by atoms with Gasteiger partial charge in [0.2, 0.25) is 0 Å². The predicted octanol–water partition coefficient (Wildman–Crippen LogP) is 0.504. The lowest BCUT2D eigenvalue weighted by Crippen LogP contribution is -2.24. The standard InChI is InChI=1S/C7H15F3N2O/c8-7(9,10)6-13-5-1-3-12-4-2-11/h12H,1-6,11H2. The Bertz CT molecular complexity index is 119. The summed E-state index contributed by atoms with van der Waals surface area (Å²) in [4.78, 5) is 0. The molecule has 3 nitrogen and oxygen atoms in total. The third-order valence-electron chi connectivity index (χ3n) is 1.23. The summed E-state index contributed by atoms with van der Waals surface area (Å²) in [7, 11) is 0. The highest BCUT2D eigenvalue weighted by molar-refractivity contribution is 4.49. The van der Waals surface area contributed by atoms with Crippen LogP contribution < -0.4 is 11.1 Å². The summed E-state index contributed by atoms with van der Waals surface area (Å²) >= 11 is 0. The molecule has 0 saturated heterocycles. The van der Waals surface area contributed by atoms with E-state index in [0.29, 0.717) is 26.1 Å². The van der Waals surface area contributed by atoms with Crippen LogP contribution >= 0.6 is 0 Å². The Morgan fingerprint density at radius 1 is 1.23 bits per heavy atom. The van der Waals surface area contributed by atoms with Gasteiger partial charge in [-0.1, -0.05) is 0 Å². The van der Waals surface area contributed by atoms with Crippen molar-refractivity contribution in [3.8, 4) is 0 Å². The smallest absolute Gasteiger partial charge is 0.372 e. The fourth-order valence-corrected chi connectivity index (χ4v) is 0.714. The summed E-state index contributed by atoms with van der Waals surface area (Å²) < 4.78 is 39.0. The summed E-state index contributed by atoms with van der Waals surface area (Å²) in [5.41, 5.74) is 5.18. The Kier molecular flexibility index (Phi) is 6.93. The minimum atomic E-state index is -4.22. The normalized spacial score (nSPS) is 12.0. The molecule has 0 unspecified atom stereocenters. The molecule has 0 amide bonds. The van der Waals surface area contributed by atoms with Gasteiger partial charge in [0.05, 0.1) is 0 Å². The number of nitrogens with two attached hydrogens (primary N) is 1. The molecule has 0 aromatic heterocycles. The Morgan fingerprint density at radius 2 is 1.92 bits per heavy atom. The number of alkyl halides is 3. The third-order valence-corrected chi connectivity index (χ3v) is 1.23. The minimum absolute atomic E-state index is 0.122. The molecule has 0 aliphatic rings. The van der Waals surface area contributed by atoms with Crippen LogP contribution in [0.1, 0.15) is 6.42 Å². The molecule has 0 spiro atoms. The van der Waals surface area contributed by atoms with Gasteiger partial charge in [0, 0.05) is 19.7 Å². The zero-order valence-electron chi connectivity index (χ0n) is 7.36. The van der Waals surface area contributed by atoms with Crippen LogP contribution in [0.5, 0.6) is 0 Å². The van der Waals surface area contributed by atoms with Gasteiger partial charge in [0.15, 0.2) is 0 Å². The fraction of sp³-hybridized carbons (Fsp3) is 1.00. The molecule has 0 rings (SSSR count). The van der Waals surface area contributed by atoms with Gasteiger partial charge in [-0.25, -0.2) is 0 Å². The zero-order valence-corrected chi connectivity index (χ0v) is 7.36.